The van der Waals surface area contributed by atoms with Crippen LogP contribution in [0.3, 0.4) is 0 Å². The molecule has 1 aliphatic heterocycles. The standard InChI is InChI=1S/C19H30N2/c1-4-17-13-21(18-11-10-14(2)15(18)3)19(12-20-17)16-8-6-5-7-9-16/h5-9,14-15,17-20H,4,10-13H2,1-3H3. The molecule has 1 saturated heterocycles. The number of hydrogen-bond acceptors (Lipinski definition) is 2. The fourth-order valence-electron chi connectivity index (χ4n) is 4.27. The highest BCUT2D eigenvalue weighted by Gasteiger charge is 2.39. The average molecular weight is 286 g/mol. The van der Waals surface area contributed by atoms with Gasteiger partial charge in [-0.05, 0) is 36.7 Å². The molecule has 3 rings (SSSR count). The molecule has 2 nitrogen and oxygen atoms in total. The summed E-state index contributed by atoms with van der Waals surface area (Å²) in [5.74, 6) is 1.70. The van der Waals surface area contributed by atoms with Crippen LogP contribution in [0.1, 0.15) is 51.6 Å². The first-order valence-corrected chi connectivity index (χ1v) is 8.74. The molecular weight excluding hydrogens is 256 g/mol. The van der Waals surface area contributed by atoms with Gasteiger partial charge in [-0.2, -0.15) is 0 Å². The quantitative estimate of drug-likeness (QED) is 0.908. The van der Waals surface area contributed by atoms with Gasteiger partial charge in [-0.1, -0.05) is 51.1 Å². The van der Waals surface area contributed by atoms with Crippen LogP contribution in [0.15, 0.2) is 30.3 Å². The second-order valence-electron chi connectivity index (χ2n) is 7.12. The SMILES string of the molecule is CCC1CN(C2CCC(C)C2C)C(c2ccccc2)CN1. The van der Waals surface area contributed by atoms with Crippen LogP contribution < -0.4 is 5.32 Å². The van der Waals surface area contributed by atoms with Gasteiger partial charge in [0, 0.05) is 31.2 Å². The molecule has 1 saturated carbocycles. The summed E-state index contributed by atoms with van der Waals surface area (Å²) in [5, 5.41) is 3.76. The van der Waals surface area contributed by atoms with Crippen molar-refractivity contribution in [2.24, 2.45) is 11.8 Å². The van der Waals surface area contributed by atoms with E-state index in [1.807, 2.05) is 0 Å². The van der Waals surface area contributed by atoms with Gasteiger partial charge in [0.15, 0.2) is 0 Å². The number of rotatable bonds is 3. The third kappa shape index (κ3) is 3.02. The van der Waals surface area contributed by atoms with E-state index in [9.17, 15) is 0 Å². The van der Waals surface area contributed by atoms with Gasteiger partial charge in [-0.25, -0.2) is 0 Å². The van der Waals surface area contributed by atoms with E-state index in [1.165, 1.54) is 31.4 Å². The molecule has 0 bridgehead atoms. The van der Waals surface area contributed by atoms with Crippen molar-refractivity contribution < 1.29 is 0 Å². The lowest BCUT2D eigenvalue weighted by atomic mass is 9.92. The first-order chi connectivity index (χ1) is 10.2. The second kappa shape index (κ2) is 6.50. The van der Waals surface area contributed by atoms with Gasteiger partial charge >= 0.3 is 0 Å². The van der Waals surface area contributed by atoms with Crippen molar-refractivity contribution in [3.05, 3.63) is 35.9 Å². The van der Waals surface area contributed by atoms with Crippen molar-refractivity contribution in [1.82, 2.24) is 10.2 Å². The number of benzene rings is 1. The number of piperazine rings is 1. The molecule has 0 amide bonds. The second-order valence-corrected chi connectivity index (χ2v) is 7.12. The van der Waals surface area contributed by atoms with Crippen LogP contribution in [0.5, 0.6) is 0 Å². The van der Waals surface area contributed by atoms with E-state index < -0.39 is 0 Å². The molecule has 1 aliphatic carbocycles. The van der Waals surface area contributed by atoms with E-state index in [0.29, 0.717) is 12.1 Å². The summed E-state index contributed by atoms with van der Waals surface area (Å²) < 4.78 is 0. The van der Waals surface area contributed by atoms with Crippen LogP contribution in [0, 0.1) is 11.8 Å². The topological polar surface area (TPSA) is 15.3 Å². The summed E-state index contributed by atoms with van der Waals surface area (Å²) >= 11 is 0. The van der Waals surface area contributed by atoms with Crippen molar-refractivity contribution in [2.45, 2.75) is 58.2 Å². The van der Waals surface area contributed by atoms with Gasteiger partial charge in [0.05, 0.1) is 0 Å². The first-order valence-electron chi connectivity index (χ1n) is 8.74. The summed E-state index contributed by atoms with van der Waals surface area (Å²) in [7, 11) is 0. The Balaban J connectivity index is 1.84. The highest BCUT2D eigenvalue weighted by molar-refractivity contribution is 5.21. The molecule has 116 valence electrons. The third-order valence-corrected chi connectivity index (χ3v) is 5.96. The van der Waals surface area contributed by atoms with E-state index in [2.05, 4.69) is 61.3 Å². The molecule has 1 heterocycles. The minimum absolute atomic E-state index is 0.548. The van der Waals surface area contributed by atoms with Crippen LogP contribution in [0.4, 0.5) is 0 Å². The molecule has 0 aromatic heterocycles. The zero-order chi connectivity index (χ0) is 14.8. The van der Waals surface area contributed by atoms with Crippen molar-refractivity contribution in [1.29, 1.82) is 0 Å². The van der Waals surface area contributed by atoms with Gasteiger partial charge in [0.25, 0.3) is 0 Å². The Morgan fingerprint density at radius 3 is 2.52 bits per heavy atom. The molecule has 5 unspecified atom stereocenters. The van der Waals surface area contributed by atoms with Gasteiger partial charge in [0.1, 0.15) is 0 Å². The normalized spacial score (nSPS) is 37.8. The third-order valence-electron chi connectivity index (χ3n) is 5.96. The highest BCUT2D eigenvalue weighted by Crippen LogP contribution is 2.39. The molecule has 1 aromatic carbocycles. The van der Waals surface area contributed by atoms with Crippen LogP contribution in [0.2, 0.25) is 0 Å². The summed E-state index contributed by atoms with van der Waals surface area (Å²) in [6, 6.07) is 13.1. The van der Waals surface area contributed by atoms with E-state index in [1.54, 1.807) is 0 Å². The predicted molar refractivity (Wildman–Crippen MR) is 89.3 cm³/mol. The molecule has 0 spiro atoms. The molecular formula is C19H30N2. The Kier molecular flexibility index (Phi) is 4.66. The zero-order valence-corrected chi connectivity index (χ0v) is 13.8. The maximum absolute atomic E-state index is 3.76. The van der Waals surface area contributed by atoms with E-state index in [0.717, 1.165) is 24.4 Å². The van der Waals surface area contributed by atoms with E-state index in [-0.39, 0.29) is 0 Å². The largest absolute Gasteiger partial charge is 0.311 e. The maximum atomic E-state index is 3.76. The lowest BCUT2D eigenvalue weighted by Gasteiger charge is -2.45. The minimum Gasteiger partial charge on any atom is -0.311 e. The van der Waals surface area contributed by atoms with Crippen LogP contribution in [-0.4, -0.2) is 30.1 Å². The van der Waals surface area contributed by atoms with Gasteiger partial charge < -0.3 is 5.32 Å². The van der Waals surface area contributed by atoms with Crippen molar-refractivity contribution >= 4 is 0 Å². The number of nitrogens with one attached hydrogen (secondary N) is 1. The molecule has 1 aromatic rings. The molecule has 5 atom stereocenters. The summed E-state index contributed by atoms with van der Waals surface area (Å²) in [5.41, 5.74) is 1.48. The summed E-state index contributed by atoms with van der Waals surface area (Å²) in [4.78, 5) is 2.83. The molecule has 0 radical (unpaired) electrons. The number of hydrogen-bond donors (Lipinski definition) is 1. The zero-order valence-electron chi connectivity index (χ0n) is 13.8. The Bertz CT molecular complexity index is 444. The Labute approximate surface area is 129 Å². The van der Waals surface area contributed by atoms with Crippen LogP contribution >= 0.6 is 0 Å². The molecule has 1 N–H and O–H groups in total. The van der Waals surface area contributed by atoms with E-state index >= 15 is 0 Å². The minimum atomic E-state index is 0.548. The molecule has 2 aliphatic rings. The van der Waals surface area contributed by atoms with Crippen LogP contribution in [-0.2, 0) is 0 Å². The smallest absolute Gasteiger partial charge is 0.0476 e. The van der Waals surface area contributed by atoms with Gasteiger partial charge in [-0.15, -0.1) is 0 Å². The van der Waals surface area contributed by atoms with Gasteiger partial charge in [0.2, 0.25) is 0 Å². The fraction of sp³-hybridized carbons (Fsp3) is 0.684. The summed E-state index contributed by atoms with van der Waals surface area (Å²) in [6.45, 7) is 9.51. The molecule has 2 heteroatoms. The van der Waals surface area contributed by atoms with Crippen molar-refractivity contribution in [3.8, 4) is 0 Å². The maximum Gasteiger partial charge on any atom is 0.0476 e. The average Bonchev–Trinajstić information content (AvgIpc) is 2.87. The number of nitrogens with zero attached hydrogens (tertiary/aromatic N) is 1. The highest BCUT2D eigenvalue weighted by atomic mass is 15.3. The lowest BCUT2D eigenvalue weighted by Crippen LogP contribution is -2.56. The molecule has 21 heavy (non-hydrogen) atoms. The Morgan fingerprint density at radius 2 is 1.90 bits per heavy atom. The Morgan fingerprint density at radius 1 is 1.14 bits per heavy atom. The van der Waals surface area contributed by atoms with Crippen LogP contribution in [0.25, 0.3) is 0 Å². The Hall–Kier alpha value is -0.860. The van der Waals surface area contributed by atoms with Crippen molar-refractivity contribution in [3.63, 3.8) is 0 Å². The van der Waals surface area contributed by atoms with E-state index in [4.69, 9.17) is 0 Å². The first kappa shape index (κ1) is 15.1. The lowest BCUT2D eigenvalue weighted by molar-refractivity contribution is 0.0594. The van der Waals surface area contributed by atoms with Gasteiger partial charge in [-0.3, -0.25) is 4.90 Å². The van der Waals surface area contributed by atoms with Crippen molar-refractivity contribution in [2.75, 3.05) is 13.1 Å². The summed E-state index contributed by atoms with van der Waals surface area (Å²) in [6.07, 6.45) is 4.00. The monoisotopic (exact) mass is 286 g/mol. The predicted octanol–water partition coefficient (Wildman–Crippen LogP) is 3.85. The fourth-order valence-corrected chi connectivity index (χ4v) is 4.27. The molecule has 2 fully saturated rings.